The lowest BCUT2D eigenvalue weighted by atomic mass is 9.82. The molecule has 0 aliphatic rings. The van der Waals surface area contributed by atoms with E-state index in [4.69, 9.17) is 4.18 Å². The van der Waals surface area contributed by atoms with E-state index in [0.29, 0.717) is 11.1 Å². The Hall–Kier alpha value is -1.69. The van der Waals surface area contributed by atoms with Gasteiger partial charge in [-0.3, -0.25) is 4.18 Å². The van der Waals surface area contributed by atoms with Gasteiger partial charge in [-0.25, -0.2) is 0 Å². The number of hydrogen-bond donors (Lipinski definition) is 1. The Morgan fingerprint density at radius 2 is 1.33 bits per heavy atom. The molecule has 0 amide bonds. The maximum atomic E-state index is 11.4. The zero-order valence-corrected chi connectivity index (χ0v) is 12.7. The van der Waals surface area contributed by atoms with Crippen LogP contribution in [0.2, 0.25) is 0 Å². The lowest BCUT2D eigenvalue weighted by Gasteiger charge is -2.34. The van der Waals surface area contributed by atoms with Crippen LogP contribution in [0.3, 0.4) is 0 Å². The van der Waals surface area contributed by atoms with Crippen molar-refractivity contribution < 1.29 is 17.7 Å². The van der Waals surface area contributed by atoms with Gasteiger partial charge in [0.15, 0.2) is 0 Å². The summed E-state index contributed by atoms with van der Waals surface area (Å²) in [7, 11) is -3.68. The third kappa shape index (κ3) is 3.50. The molecule has 0 aliphatic carbocycles. The van der Waals surface area contributed by atoms with Crippen LogP contribution in [0.4, 0.5) is 0 Å². The summed E-state index contributed by atoms with van der Waals surface area (Å²) in [4.78, 5) is 0. The summed E-state index contributed by atoms with van der Waals surface area (Å²) in [5.41, 5.74) is -0.397. The maximum absolute atomic E-state index is 11.4. The number of benzene rings is 2. The molecule has 0 aromatic heterocycles. The van der Waals surface area contributed by atoms with Crippen LogP contribution in [-0.2, 0) is 19.9 Å². The first-order valence-electron chi connectivity index (χ1n) is 6.55. The Balaban J connectivity index is 2.55. The molecule has 0 radical (unpaired) electrons. The topological polar surface area (TPSA) is 63.6 Å². The first-order valence-corrected chi connectivity index (χ1v) is 8.37. The van der Waals surface area contributed by atoms with Crippen molar-refractivity contribution in [3.8, 4) is 0 Å². The molecule has 0 aliphatic heterocycles. The van der Waals surface area contributed by atoms with Crippen LogP contribution >= 0.6 is 0 Å². The van der Waals surface area contributed by atoms with Crippen molar-refractivity contribution in [2.45, 2.75) is 18.6 Å². The molecular formula is C16H18O4S. The highest BCUT2D eigenvalue weighted by Crippen LogP contribution is 2.35. The minimum absolute atomic E-state index is 0.576. The predicted octanol–water partition coefficient (Wildman–Crippen LogP) is 2.29. The van der Waals surface area contributed by atoms with Crippen molar-refractivity contribution in [3.05, 3.63) is 71.8 Å². The van der Waals surface area contributed by atoms with Crippen LogP contribution in [0, 0.1) is 0 Å². The van der Waals surface area contributed by atoms with E-state index >= 15 is 0 Å². The van der Waals surface area contributed by atoms with Gasteiger partial charge < -0.3 is 5.11 Å². The van der Waals surface area contributed by atoms with Crippen molar-refractivity contribution in [2.24, 2.45) is 0 Å². The summed E-state index contributed by atoms with van der Waals surface area (Å²) < 4.78 is 27.9. The average Bonchev–Trinajstić information content (AvgIpc) is 2.46. The number of rotatable bonds is 5. The van der Waals surface area contributed by atoms with Gasteiger partial charge in [0.1, 0.15) is 11.7 Å². The molecule has 0 unspecified atom stereocenters. The molecular weight excluding hydrogens is 288 g/mol. The third-order valence-corrected chi connectivity index (χ3v) is 3.97. The minimum atomic E-state index is -3.68. The highest BCUT2D eigenvalue weighted by Gasteiger charge is 2.40. The monoisotopic (exact) mass is 306 g/mol. The molecule has 0 fully saturated rings. The smallest absolute Gasteiger partial charge is 0.264 e. The van der Waals surface area contributed by atoms with Gasteiger partial charge in [-0.2, -0.15) is 8.42 Å². The van der Waals surface area contributed by atoms with Gasteiger partial charge in [0.2, 0.25) is 0 Å². The van der Waals surface area contributed by atoms with E-state index < -0.39 is 21.8 Å². The van der Waals surface area contributed by atoms with Crippen molar-refractivity contribution in [1.29, 1.82) is 0 Å². The third-order valence-electron chi connectivity index (χ3n) is 3.34. The van der Waals surface area contributed by atoms with Crippen LogP contribution in [-0.4, -0.2) is 25.9 Å². The molecule has 2 aromatic rings. The zero-order chi connectivity index (χ0) is 15.5. The van der Waals surface area contributed by atoms with Crippen LogP contribution in [0.25, 0.3) is 0 Å². The highest BCUT2D eigenvalue weighted by atomic mass is 32.2. The normalized spacial score (nSPS) is 13.9. The summed E-state index contributed by atoms with van der Waals surface area (Å²) >= 11 is 0. The highest BCUT2D eigenvalue weighted by molar-refractivity contribution is 7.86. The van der Waals surface area contributed by atoms with E-state index in [1.165, 1.54) is 0 Å². The molecule has 0 saturated heterocycles. The van der Waals surface area contributed by atoms with E-state index in [9.17, 15) is 13.5 Å². The Labute approximate surface area is 125 Å². The van der Waals surface area contributed by atoms with Crippen molar-refractivity contribution in [1.82, 2.24) is 0 Å². The second-order valence-electron chi connectivity index (χ2n) is 4.94. The van der Waals surface area contributed by atoms with E-state index in [1.54, 1.807) is 55.5 Å². The Bertz CT molecular complexity index is 641. The molecule has 1 atom stereocenters. The summed E-state index contributed by atoms with van der Waals surface area (Å²) in [5, 5.41) is 11.2. The molecule has 1 N–H and O–H groups in total. The van der Waals surface area contributed by atoms with Gasteiger partial charge in [0.25, 0.3) is 10.1 Å². The molecule has 0 spiro atoms. The Morgan fingerprint density at radius 1 is 0.952 bits per heavy atom. The Morgan fingerprint density at radius 3 is 1.67 bits per heavy atom. The van der Waals surface area contributed by atoms with Gasteiger partial charge in [-0.1, -0.05) is 60.7 Å². The van der Waals surface area contributed by atoms with Crippen molar-refractivity contribution in [2.75, 3.05) is 6.26 Å². The molecule has 2 rings (SSSR count). The molecule has 0 bridgehead atoms. The van der Waals surface area contributed by atoms with E-state index in [0.717, 1.165) is 6.26 Å². The quantitative estimate of drug-likeness (QED) is 0.861. The molecule has 112 valence electrons. The van der Waals surface area contributed by atoms with Crippen LogP contribution in [0.5, 0.6) is 0 Å². The van der Waals surface area contributed by atoms with E-state index in [1.807, 2.05) is 12.1 Å². The fourth-order valence-electron chi connectivity index (χ4n) is 2.35. The lowest BCUT2D eigenvalue weighted by Crippen LogP contribution is -2.41. The largest absolute Gasteiger partial charge is 0.378 e. The fraction of sp³-hybridized carbons (Fsp3) is 0.250. The second kappa shape index (κ2) is 5.97. The summed E-state index contributed by atoms with van der Waals surface area (Å²) in [6.45, 7) is 1.54. The minimum Gasteiger partial charge on any atom is -0.378 e. The second-order valence-corrected chi connectivity index (χ2v) is 6.54. The Kier molecular flexibility index (Phi) is 4.46. The maximum Gasteiger partial charge on any atom is 0.264 e. The predicted molar refractivity (Wildman–Crippen MR) is 81.3 cm³/mol. The van der Waals surface area contributed by atoms with Crippen molar-refractivity contribution in [3.63, 3.8) is 0 Å². The molecule has 0 saturated carbocycles. The summed E-state index contributed by atoms with van der Waals surface area (Å²) in [6, 6.07) is 17.8. The van der Waals surface area contributed by atoms with Gasteiger partial charge in [-0.05, 0) is 18.1 Å². The van der Waals surface area contributed by atoms with E-state index in [-0.39, 0.29) is 0 Å². The van der Waals surface area contributed by atoms with Gasteiger partial charge in [0, 0.05) is 0 Å². The molecule has 0 heterocycles. The first kappa shape index (κ1) is 15.7. The van der Waals surface area contributed by atoms with E-state index in [2.05, 4.69) is 0 Å². The van der Waals surface area contributed by atoms with Gasteiger partial charge in [0.05, 0.1) is 6.26 Å². The average molecular weight is 306 g/mol. The zero-order valence-electron chi connectivity index (χ0n) is 11.9. The molecule has 21 heavy (non-hydrogen) atoms. The van der Waals surface area contributed by atoms with Gasteiger partial charge in [-0.15, -0.1) is 0 Å². The summed E-state index contributed by atoms with van der Waals surface area (Å²) in [5.74, 6) is 0. The SMILES string of the molecule is C[C@H](OS(C)(=O)=O)C(O)(c1ccccc1)c1ccccc1. The standard InChI is InChI=1S/C16H18O4S/c1-13(20-21(2,18)19)16(17,14-9-5-3-6-10-14)15-11-7-4-8-12-15/h3-13,17H,1-2H3/t13-/m0/s1. The first-order chi connectivity index (χ1) is 9.84. The van der Waals surface area contributed by atoms with Gasteiger partial charge >= 0.3 is 0 Å². The fourth-order valence-corrected chi connectivity index (χ4v) is 3.02. The van der Waals surface area contributed by atoms with Crippen LogP contribution in [0.1, 0.15) is 18.1 Å². The number of hydrogen-bond acceptors (Lipinski definition) is 4. The summed E-state index contributed by atoms with van der Waals surface area (Å²) in [6.07, 6.45) is 0.0113. The molecule has 2 aromatic carbocycles. The lowest BCUT2D eigenvalue weighted by molar-refractivity contribution is -0.0225. The molecule has 4 nitrogen and oxygen atoms in total. The number of aliphatic hydroxyl groups is 1. The van der Waals surface area contributed by atoms with Crippen molar-refractivity contribution >= 4 is 10.1 Å². The molecule has 5 heteroatoms. The van der Waals surface area contributed by atoms with Crippen LogP contribution < -0.4 is 0 Å². The van der Waals surface area contributed by atoms with Crippen LogP contribution in [0.15, 0.2) is 60.7 Å².